The molecule has 0 spiro atoms. The van der Waals surface area contributed by atoms with Gasteiger partial charge in [-0.1, -0.05) is 12.1 Å². The smallest absolute Gasteiger partial charge is 0.124 e. The Balaban J connectivity index is 1.93. The predicted octanol–water partition coefficient (Wildman–Crippen LogP) is 4.55. The first-order chi connectivity index (χ1) is 11.6. The third-order valence-corrected chi connectivity index (χ3v) is 5.08. The summed E-state index contributed by atoms with van der Waals surface area (Å²) in [6.07, 6.45) is 0. The first-order valence-electron chi connectivity index (χ1n) is 7.90. The quantitative estimate of drug-likeness (QED) is 0.659. The van der Waals surface area contributed by atoms with Crippen molar-refractivity contribution in [3.05, 3.63) is 47.1 Å². The third kappa shape index (κ3) is 3.23. The first-order valence-corrected chi connectivity index (χ1v) is 8.78. The molecule has 0 aliphatic heterocycles. The highest BCUT2D eigenvalue weighted by Crippen LogP contribution is 2.33. The number of ether oxygens (including phenoxy) is 2. The zero-order valence-corrected chi connectivity index (χ0v) is 15.3. The maximum atomic E-state index is 5.31. The fourth-order valence-electron chi connectivity index (χ4n) is 2.87. The Morgan fingerprint density at radius 2 is 2.00 bits per heavy atom. The van der Waals surface area contributed by atoms with Gasteiger partial charge in [-0.05, 0) is 32.0 Å². The highest BCUT2D eigenvalue weighted by atomic mass is 32.1. The molecular weight excluding hydrogens is 320 g/mol. The van der Waals surface area contributed by atoms with E-state index >= 15 is 0 Å². The molecule has 0 bridgehead atoms. The minimum atomic E-state index is 0.710. The van der Waals surface area contributed by atoms with E-state index in [4.69, 9.17) is 14.5 Å². The molecular formula is C19H22N2O2S. The van der Waals surface area contributed by atoms with Crippen LogP contribution >= 0.6 is 11.3 Å². The van der Waals surface area contributed by atoms with E-state index in [0.717, 1.165) is 28.6 Å². The van der Waals surface area contributed by atoms with Crippen LogP contribution in [0.2, 0.25) is 0 Å². The van der Waals surface area contributed by atoms with Crippen molar-refractivity contribution >= 4 is 11.3 Å². The molecule has 5 heteroatoms. The van der Waals surface area contributed by atoms with Crippen LogP contribution in [-0.4, -0.2) is 30.4 Å². The molecule has 24 heavy (non-hydrogen) atoms. The number of hydrogen-bond acceptors (Lipinski definition) is 4. The van der Waals surface area contributed by atoms with Crippen LogP contribution in [0, 0.1) is 13.8 Å². The highest BCUT2D eigenvalue weighted by Gasteiger charge is 2.14. The van der Waals surface area contributed by atoms with Crippen molar-refractivity contribution in [2.24, 2.45) is 0 Å². The largest absolute Gasteiger partial charge is 0.497 e. The van der Waals surface area contributed by atoms with Crippen molar-refractivity contribution < 1.29 is 9.47 Å². The number of rotatable bonds is 6. The van der Waals surface area contributed by atoms with Crippen molar-refractivity contribution in [2.75, 3.05) is 20.8 Å². The Morgan fingerprint density at radius 1 is 1.17 bits per heavy atom. The Morgan fingerprint density at radius 3 is 2.75 bits per heavy atom. The number of aryl methyl sites for hydroxylation is 1. The van der Waals surface area contributed by atoms with E-state index in [1.165, 1.54) is 17.0 Å². The molecule has 126 valence electrons. The minimum absolute atomic E-state index is 0.710. The third-order valence-electron chi connectivity index (χ3n) is 4.19. The van der Waals surface area contributed by atoms with Gasteiger partial charge in [0.25, 0.3) is 0 Å². The van der Waals surface area contributed by atoms with Crippen molar-refractivity contribution in [1.29, 1.82) is 0 Å². The van der Waals surface area contributed by atoms with Gasteiger partial charge in [0.2, 0.25) is 0 Å². The molecule has 2 heterocycles. The summed E-state index contributed by atoms with van der Waals surface area (Å²) in [5.41, 5.74) is 5.75. The zero-order chi connectivity index (χ0) is 17.1. The van der Waals surface area contributed by atoms with Gasteiger partial charge in [-0.25, -0.2) is 4.98 Å². The van der Waals surface area contributed by atoms with Gasteiger partial charge in [0.05, 0.1) is 19.4 Å². The molecule has 0 aliphatic rings. The number of benzene rings is 1. The molecule has 1 aromatic carbocycles. The molecule has 0 amide bonds. The predicted molar refractivity (Wildman–Crippen MR) is 98.9 cm³/mol. The molecule has 0 fully saturated rings. The lowest BCUT2D eigenvalue weighted by Crippen LogP contribution is -2.07. The minimum Gasteiger partial charge on any atom is -0.497 e. The number of thiazole rings is 1. The van der Waals surface area contributed by atoms with E-state index in [2.05, 4.69) is 35.9 Å². The highest BCUT2D eigenvalue weighted by molar-refractivity contribution is 7.13. The lowest BCUT2D eigenvalue weighted by atomic mass is 10.2. The number of aromatic nitrogens is 2. The molecule has 0 unspecified atom stereocenters. The van der Waals surface area contributed by atoms with Gasteiger partial charge >= 0.3 is 0 Å². The monoisotopic (exact) mass is 342 g/mol. The van der Waals surface area contributed by atoms with Gasteiger partial charge in [0.15, 0.2) is 0 Å². The molecule has 0 N–H and O–H groups in total. The summed E-state index contributed by atoms with van der Waals surface area (Å²) < 4.78 is 12.8. The van der Waals surface area contributed by atoms with Crippen LogP contribution < -0.4 is 4.74 Å². The zero-order valence-electron chi connectivity index (χ0n) is 14.5. The SMILES string of the molecule is COCCn1c(C)cc(-c2csc(-c3cccc(OC)c3)n2)c1C. The van der Waals surface area contributed by atoms with Gasteiger partial charge < -0.3 is 14.0 Å². The van der Waals surface area contributed by atoms with E-state index in [0.29, 0.717) is 6.61 Å². The van der Waals surface area contributed by atoms with Crippen LogP contribution in [-0.2, 0) is 11.3 Å². The van der Waals surface area contributed by atoms with Crippen LogP contribution in [0.5, 0.6) is 5.75 Å². The number of nitrogens with zero attached hydrogens (tertiary/aromatic N) is 2. The van der Waals surface area contributed by atoms with E-state index in [-0.39, 0.29) is 0 Å². The van der Waals surface area contributed by atoms with Gasteiger partial charge in [0.1, 0.15) is 10.8 Å². The molecule has 3 rings (SSSR count). The maximum Gasteiger partial charge on any atom is 0.124 e. The van der Waals surface area contributed by atoms with Crippen molar-refractivity contribution in [3.8, 4) is 27.6 Å². The number of hydrogen-bond donors (Lipinski definition) is 0. The Hall–Kier alpha value is -2.11. The van der Waals surface area contributed by atoms with Crippen molar-refractivity contribution in [2.45, 2.75) is 20.4 Å². The van der Waals surface area contributed by atoms with Crippen molar-refractivity contribution in [3.63, 3.8) is 0 Å². The summed E-state index contributed by atoms with van der Waals surface area (Å²) in [7, 11) is 3.41. The molecule has 2 aromatic heterocycles. The second-order valence-electron chi connectivity index (χ2n) is 5.70. The van der Waals surface area contributed by atoms with Crippen LogP contribution in [0.1, 0.15) is 11.4 Å². The molecule has 0 radical (unpaired) electrons. The average molecular weight is 342 g/mol. The summed E-state index contributed by atoms with van der Waals surface area (Å²) in [5, 5.41) is 3.13. The Labute approximate surface area is 146 Å². The lowest BCUT2D eigenvalue weighted by molar-refractivity contribution is 0.186. The summed E-state index contributed by atoms with van der Waals surface area (Å²) >= 11 is 1.66. The molecule has 0 saturated heterocycles. The van der Waals surface area contributed by atoms with Gasteiger partial charge in [-0.15, -0.1) is 11.3 Å². The average Bonchev–Trinajstić information content (AvgIpc) is 3.19. The van der Waals surface area contributed by atoms with E-state index in [1.807, 2.05) is 18.2 Å². The van der Waals surface area contributed by atoms with Gasteiger partial charge in [-0.3, -0.25) is 0 Å². The van der Waals surface area contributed by atoms with Gasteiger partial charge in [0, 0.05) is 41.5 Å². The Bertz CT molecular complexity index is 836. The summed E-state index contributed by atoms with van der Waals surface area (Å²) in [6.45, 7) is 5.84. The fraction of sp³-hybridized carbons (Fsp3) is 0.316. The summed E-state index contributed by atoms with van der Waals surface area (Å²) in [4.78, 5) is 4.84. The topological polar surface area (TPSA) is 36.3 Å². The summed E-state index contributed by atoms with van der Waals surface area (Å²) in [5.74, 6) is 0.849. The first kappa shape index (κ1) is 16.7. The van der Waals surface area contributed by atoms with Crippen LogP contribution in [0.15, 0.2) is 35.7 Å². The van der Waals surface area contributed by atoms with E-state index in [9.17, 15) is 0 Å². The fourth-order valence-corrected chi connectivity index (χ4v) is 3.69. The molecule has 0 atom stereocenters. The van der Waals surface area contributed by atoms with Gasteiger partial charge in [-0.2, -0.15) is 0 Å². The normalized spacial score (nSPS) is 11.0. The molecule has 0 saturated carbocycles. The second kappa shape index (κ2) is 7.20. The molecule has 0 aliphatic carbocycles. The summed E-state index contributed by atoms with van der Waals surface area (Å²) in [6, 6.07) is 10.2. The number of methoxy groups -OCH3 is 2. The molecule has 3 aromatic rings. The Kier molecular flexibility index (Phi) is 5.02. The van der Waals surface area contributed by atoms with E-state index < -0.39 is 0 Å². The standard InChI is InChI=1S/C19H22N2O2S/c1-13-10-17(14(2)21(13)8-9-22-3)18-12-24-19(20-18)15-6-5-7-16(11-15)23-4/h5-7,10-12H,8-9H2,1-4H3. The van der Waals surface area contributed by atoms with Crippen LogP contribution in [0.3, 0.4) is 0 Å². The lowest BCUT2D eigenvalue weighted by Gasteiger charge is -2.08. The second-order valence-corrected chi connectivity index (χ2v) is 6.56. The van der Waals surface area contributed by atoms with E-state index in [1.54, 1.807) is 25.6 Å². The van der Waals surface area contributed by atoms with Crippen molar-refractivity contribution in [1.82, 2.24) is 9.55 Å². The molecule has 4 nitrogen and oxygen atoms in total. The maximum absolute atomic E-state index is 5.31. The van der Waals surface area contributed by atoms with Crippen LogP contribution in [0.4, 0.5) is 0 Å². The van der Waals surface area contributed by atoms with Crippen LogP contribution in [0.25, 0.3) is 21.8 Å².